The molecule has 0 spiro atoms. The van der Waals surface area contributed by atoms with Gasteiger partial charge in [0.2, 0.25) is 5.55 Å². The molecule has 174 valence electrons. The largest absolute Gasteiger partial charge is 0.494 e. The number of para-hydroxylation sites is 1. The summed E-state index contributed by atoms with van der Waals surface area (Å²) in [7, 11) is -3.96. The van der Waals surface area contributed by atoms with Gasteiger partial charge in [-0.25, -0.2) is 0 Å². The maximum atomic E-state index is 13.1. The van der Waals surface area contributed by atoms with E-state index in [2.05, 4.69) is 15.2 Å². The van der Waals surface area contributed by atoms with Crippen LogP contribution in [0.5, 0.6) is 5.75 Å². The van der Waals surface area contributed by atoms with Gasteiger partial charge in [-0.15, -0.1) is 5.10 Å². The summed E-state index contributed by atoms with van der Waals surface area (Å²) in [4.78, 5) is 15.3. The Morgan fingerprint density at radius 2 is 1.71 bits per heavy atom. The minimum Gasteiger partial charge on any atom is -0.494 e. The second-order valence-corrected chi connectivity index (χ2v) is 9.09. The lowest BCUT2D eigenvalue weighted by molar-refractivity contribution is 0.102. The topological polar surface area (TPSA) is 110 Å². The molecule has 1 heterocycles. The molecule has 2 N–H and O–H groups in total. The zero-order chi connectivity index (χ0) is 24.1. The van der Waals surface area contributed by atoms with Crippen LogP contribution in [0.15, 0.2) is 93.3 Å². The summed E-state index contributed by atoms with van der Waals surface area (Å²) >= 11 is 0. The Labute approximate surface area is 196 Å². The standard InChI is InChI=1S/C25H23N3O5S/c1-3-32-20-12-10-19(11-13-20)26-24(29)22-16-18-6-4-5-7-23(18)33-25(22)27-28-34(30,31)21-14-8-17(2)9-15-21/h4-16,28H,3H2,1-2H3,(H,26,29)/b27-25-. The van der Waals surface area contributed by atoms with E-state index in [9.17, 15) is 13.2 Å². The Morgan fingerprint density at radius 1 is 1.00 bits per heavy atom. The molecule has 0 aliphatic rings. The number of fused-ring (bicyclic) bond motifs is 1. The van der Waals surface area contributed by atoms with Crippen molar-refractivity contribution in [1.82, 2.24) is 4.83 Å². The molecule has 3 aromatic carbocycles. The Balaban J connectivity index is 1.69. The van der Waals surface area contributed by atoms with Crippen molar-refractivity contribution >= 4 is 32.6 Å². The molecule has 1 aromatic heterocycles. The lowest BCUT2D eigenvalue weighted by atomic mass is 10.1. The van der Waals surface area contributed by atoms with E-state index >= 15 is 0 Å². The van der Waals surface area contributed by atoms with Crippen molar-refractivity contribution in [1.29, 1.82) is 0 Å². The minimum atomic E-state index is -3.96. The van der Waals surface area contributed by atoms with Gasteiger partial charge in [0, 0.05) is 11.1 Å². The van der Waals surface area contributed by atoms with Gasteiger partial charge < -0.3 is 14.5 Å². The third-order valence-corrected chi connectivity index (χ3v) is 6.15. The van der Waals surface area contributed by atoms with Crippen molar-refractivity contribution in [3.05, 3.63) is 95.5 Å². The number of carbonyl (C=O) groups excluding carboxylic acids is 1. The summed E-state index contributed by atoms with van der Waals surface area (Å²) in [5.41, 5.74) is 1.81. The third kappa shape index (κ3) is 5.26. The molecular weight excluding hydrogens is 454 g/mol. The number of benzene rings is 3. The average Bonchev–Trinajstić information content (AvgIpc) is 2.84. The van der Waals surface area contributed by atoms with Gasteiger partial charge in [0.05, 0.1) is 11.5 Å². The fraction of sp³-hybridized carbons (Fsp3) is 0.120. The van der Waals surface area contributed by atoms with E-state index < -0.39 is 15.9 Å². The van der Waals surface area contributed by atoms with Gasteiger partial charge in [0.15, 0.2) is 0 Å². The maximum absolute atomic E-state index is 13.1. The van der Waals surface area contributed by atoms with Crippen LogP contribution in [0.25, 0.3) is 11.0 Å². The SMILES string of the molecule is CCOc1ccc(NC(=O)c2cc3ccccc3o/c2=N\NS(=O)(=O)c2ccc(C)cc2)cc1. The number of aryl methyl sites for hydroxylation is 1. The first-order valence-corrected chi connectivity index (χ1v) is 12.0. The van der Waals surface area contributed by atoms with E-state index in [1.54, 1.807) is 60.7 Å². The molecule has 8 nitrogen and oxygen atoms in total. The molecule has 9 heteroatoms. The summed E-state index contributed by atoms with van der Waals surface area (Å²) in [6, 6.07) is 21.9. The van der Waals surface area contributed by atoms with Crippen LogP contribution in [0.1, 0.15) is 22.8 Å². The first kappa shape index (κ1) is 23.1. The summed E-state index contributed by atoms with van der Waals surface area (Å²) in [5.74, 6) is 0.175. The Bertz CT molecular complexity index is 1490. The second kappa shape index (κ2) is 9.80. The Morgan fingerprint density at radius 3 is 2.41 bits per heavy atom. The molecule has 4 aromatic rings. The molecule has 0 radical (unpaired) electrons. The van der Waals surface area contributed by atoms with Gasteiger partial charge in [0.1, 0.15) is 16.9 Å². The second-order valence-electron chi connectivity index (χ2n) is 7.43. The number of amides is 1. The van der Waals surface area contributed by atoms with Gasteiger partial charge in [-0.2, -0.15) is 13.2 Å². The number of hydrogen-bond donors (Lipinski definition) is 2. The predicted molar refractivity (Wildman–Crippen MR) is 129 cm³/mol. The highest BCUT2D eigenvalue weighted by Crippen LogP contribution is 2.18. The monoisotopic (exact) mass is 477 g/mol. The van der Waals surface area contributed by atoms with Crippen LogP contribution < -0.4 is 20.4 Å². The van der Waals surface area contributed by atoms with Crippen molar-refractivity contribution in [2.24, 2.45) is 5.10 Å². The molecule has 0 bridgehead atoms. The van der Waals surface area contributed by atoms with Crippen LogP contribution in [-0.2, 0) is 10.0 Å². The minimum absolute atomic E-state index is 0.0445. The number of nitrogens with zero attached hydrogens (tertiary/aromatic N) is 1. The number of anilines is 1. The molecule has 0 aliphatic carbocycles. The van der Waals surface area contributed by atoms with E-state index in [0.29, 0.717) is 29.0 Å². The fourth-order valence-electron chi connectivity index (χ4n) is 3.19. The van der Waals surface area contributed by atoms with E-state index in [1.165, 1.54) is 12.1 Å². The first-order chi connectivity index (χ1) is 16.4. The Kier molecular flexibility index (Phi) is 6.65. The highest BCUT2D eigenvalue weighted by atomic mass is 32.2. The van der Waals surface area contributed by atoms with E-state index in [4.69, 9.17) is 9.15 Å². The highest BCUT2D eigenvalue weighted by molar-refractivity contribution is 7.89. The van der Waals surface area contributed by atoms with Gasteiger partial charge in [-0.05, 0) is 62.4 Å². The van der Waals surface area contributed by atoms with Crippen LogP contribution in [0.3, 0.4) is 0 Å². The molecule has 0 aliphatic heterocycles. The molecule has 1 amide bonds. The van der Waals surface area contributed by atoms with Gasteiger partial charge in [-0.3, -0.25) is 4.79 Å². The number of nitrogens with one attached hydrogen (secondary N) is 2. The van der Waals surface area contributed by atoms with E-state index in [-0.39, 0.29) is 16.0 Å². The van der Waals surface area contributed by atoms with Crippen molar-refractivity contribution in [3.8, 4) is 5.75 Å². The van der Waals surface area contributed by atoms with E-state index in [0.717, 1.165) is 5.56 Å². The van der Waals surface area contributed by atoms with Crippen LogP contribution in [0.2, 0.25) is 0 Å². The van der Waals surface area contributed by atoms with Crippen molar-refractivity contribution in [2.45, 2.75) is 18.7 Å². The van der Waals surface area contributed by atoms with Crippen LogP contribution >= 0.6 is 0 Å². The maximum Gasteiger partial charge on any atom is 0.276 e. The quantitative estimate of drug-likeness (QED) is 0.388. The smallest absolute Gasteiger partial charge is 0.276 e. The van der Waals surface area contributed by atoms with Crippen LogP contribution in [-0.4, -0.2) is 20.9 Å². The van der Waals surface area contributed by atoms with Gasteiger partial charge in [0.25, 0.3) is 15.9 Å². The molecule has 0 fully saturated rings. The summed E-state index contributed by atoms with van der Waals surface area (Å²) in [5, 5.41) is 7.38. The molecule has 0 saturated carbocycles. The summed E-state index contributed by atoms with van der Waals surface area (Å²) in [6.45, 7) is 4.28. The zero-order valence-electron chi connectivity index (χ0n) is 18.6. The average molecular weight is 478 g/mol. The predicted octanol–water partition coefficient (Wildman–Crippen LogP) is 4.19. The molecular formula is C25H23N3O5S. The number of hydrogen-bond acceptors (Lipinski definition) is 6. The summed E-state index contributed by atoms with van der Waals surface area (Å²) < 4.78 is 36.6. The van der Waals surface area contributed by atoms with Crippen LogP contribution in [0.4, 0.5) is 5.69 Å². The van der Waals surface area contributed by atoms with E-state index in [1.807, 2.05) is 19.9 Å². The normalized spacial score (nSPS) is 11.9. The lowest BCUT2D eigenvalue weighted by Gasteiger charge is -2.09. The molecule has 4 rings (SSSR count). The van der Waals surface area contributed by atoms with Crippen molar-refractivity contribution < 1.29 is 22.4 Å². The molecule has 34 heavy (non-hydrogen) atoms. The Hall–Kier alpha value is -4.11. The number of sulfonamides is 1. The number of rotatable bonds is 7. The van der Waals surface area contributed by atoms with Gasteiger partial charge in [-0.1, -0.05) is 35.9 Å². The van der Waals surface area contributed by atoms with Crippen molar-refractivity contribution in [2.75, 3.05) is 11.9 Å². The number of ether oxygens (including phenoxy) is 1. The highest BCUT2D eigenvalue weighted by Gasteiger charge is 2.16. The fourth-order valence-corrected chi connectivity index (χ4v) is 3.99. The lowest BCUT2D eigenvalue weighted by Crippen LogP contribution is -2.27. The third-order valence-electron chi connectivity index (χ3n) is 4.92. The summed E-state index contributed by atoms with van der Waals surface area (Å²) in [6.07, 6.45) is 0. The van der Waals surface area contributed by atoms with Gasteiger partial charge >= 0.3 is 0 Å². The molecule has 0 saturated heterocycles. The number of carbonyl (C=O) groups is 1. The van der Waals surface area contributed by atoms with Crippen LogP contribution in [0, 0.1) is 6.92 Å². The van der Waals surface area contributed by atoms with Crippen molar-refractivity contribution in [3.63, 3.8) is 0 Å². The molecule has 0 atom stereocenters. The first-order valence-electron chi connectivity index (χ1n) is 10.5. The zero-order valence-corrected chi connectivity index (χ0v) is 19.4. The molecule has 0 unspecified atom stereocenters.